The molecule has 0 spiro atoms. The summed E-state index contributed by atoms with van der Waals surface area (Å²) in [7, 11) is 2.00. The summed E-state index contributed by atoms with van der Waals surface area (Å²) in [4.78, 5) is 16.8. The number of amides is 1. The molecular weight excluding hydrogens is 403 g/mol. The molecule has 1 N–H and O–H groups in total. The van der Waals surface area contributed by atoms with Crippen LogP contribution < -0.4 is 5.32 Å². The summed E-state index contributed by atoms with van der Waals surface area (Å²) in [5, 5.41) is 2.57. The highest BCUT2D eigenvalue weighted by Crippen LogP contribution is 2.34. The number of rotatable bonds is 5. The number of carbonyl (C=O) groups is 1. The fraction of sp³-hybridized carbons (Fsp3) is 0.375. The molecule has 2 aromatic carbocycles. The number of piperazine rings is 1. The van der Waals surface area contributed by atoms with Crippen molar-refractivity contribution in [1.29, 1.82) is 0 Å². The number of nitrogens with one attached hydrogen (secondary N) is 1. The highest BCUT2D eigenvalue weighted by molar-refractivity contribution is 6.04. The third-order valence-electron chi connectivity index (χ3n) is 5.57. The molecule has 0 atom stereocenters. The van der Waals surface area contributed by atoms with Crippen molar-refractivity contribution in [2.24, 2.45) is 0 Å². The molecule has 1 fully saturated rings. The summed E-state index contributed by atoms with van der Waals surface area (Å²) in [5.74, 6) is 2.05. The highest BCUT2D eigenvalue weighted by Gasteiger charge is 2.34. The number of halogens is 3. The number of anilines is 1. The molecular formula is C24H26F3N3O. The number of terminal acetylenes is 1. The Labute approximate surface area is 181 Å². The van der Waals surface area contributed by atoms with Gasteiger partial charge in [0, 0.05) is 49.5 Å². The van der Waals surface area contributed by atoms with E-state index in [1.807, 2.05) is 18.9 Å². The van der Waals surface area contributed by atoms with Crippen molar-refractivity contribution < 1.29 is 18.0 Å². The summed E-state index contributed by atoms with van der Waals surface area (Å²) >= 11 is 0. The van der Waals surface area contributed by atoms with Crippen LogP contribution in [-0.4, -0.2) is 48.9 Å². The second-order valence-electron chi connectivity index (χ2n) is 7.77. The maximum Gasteiger partial charge on any atom is 0.416 e. The largest absolute Gasteiger partial charge is 0.416 e. The van der Waals surface area contributed by atoms with Gasteiger partial charge in [-0.2, -0.15) is 13.2 Å². The van der Waals surface area contributed by atoms with Crippen LogP contribution in [-0.2, 0) is 19.1 Å². The molecule has 31 heavy (non-hydrogen) atoms. The van der Waals surface area contributed by atoms with E-state index < -0.39 is 17.6 Å². The number of benzene rings is 2. The molecule has 1 aliphatic rings. The maximum absolute atomic E-state index is 13.7. The van der Waals surface area contributed by atoms with Crippen molar-refractivity contribution in [3.8, 4) is 12.3 Å². The van der Waals surface area contributed by atoms with Crippen LogP contribution in [0.5, 0.6) is 0 Å². The van der Waals surface area contributed by atoms with Gasteiger partial charge in [0.2, 0.25) is 0 Å². The van der Waals surface area contributed by atoms with E-state index in [9.17, 15) is 18.0 Å². The second-order valence-corrected chi connectivity index (χ2v) is 7.77. The summed E-state index contributed by atoms with van der Waals surface area (Å²) in [5.41, 5.74) is 1.42. The first kappa shape index (κ1) is 22.9. The summed E-state index contributed by atoms with van der Waals surface area (Å²) in [6.45, 7) is 5.27. The Bertz CT molecular complexity index is 987. The number of nitrogens with zero attached hydrogens (tertiary/aromatic N) is 2. The van der Waals surface area contributed by atoms with Crippen LogP contribution in [0.3, 0.4) is 0 Å². The van der Waals surface area contributed by atoms with Gasteiger partial charge in [-0.05, 0) is 48.9 Å². The normalized spacial score (nSPS) is 15.5. The van der Waals surface area contributed by atoms with Crippen molar-refractivity contribution >= 4 is 11.6 Å². The lowest BCUT2D eigenvalue weighted by Gasteiger charge is -2.33. The predicted molar refractivity (Wildman–Crippen MR) is 116 cm³/mol. The van der Waals surface area contributed by atoms with Gasteiger partial charge in [-0.25, -0.2) is 0 Å². The minimum absolute atomic E-state index is 0.0984. The van der Waals surface area contributed by atoms with E-state index >= 15 is 0 Å². The molecule has 0 radical (unpaired) electrons. The Morgan fingerprint density at radius 3 is 2.39 bits per heavy atom. The summed E-state index contributed by atoms with van der Waals surface area (Å²) < 4.78 is 41.2. The Kier molecular flexibility index (Phi) is 7.04. The van der Waals surface area contributed by atoms with Gasteiger partial charge in [-0.3, -0.25) is 9.69 Å². The first-order chi connectivity index (χ1) is 14.7. The fourth-order valence-electron chi connectivity index (χ4n) is 3.67. The molecule has 2 aromatic rings. The molecule has 0 aliphatic carbocycles. The average Bonchev–Trinajstić information content (AvgIpc) is 2.75. The van der Waals surface area contributed by atoms with E-state index in [-0.39, 0.29) is 17.8 Å². The van der Waals surface area contributed by atoms with Crippen molar-refractivity contribution in [3.05, 3.63) is 64.2 Å². The lowest BCUT2D eigenvalue weighted by Crippen LogP contribution is -2.44. The highest BCUT2D eigenvalue weighted by atomic mass is 19.4. The minimum atomic E-state index is -4.51. The topological polar surface area (TPSA) is 35.6 Å². The van der Waals surface area contributed by atoms with Crippen LogP contribution in [0.15, 0.2) is 36.4 Å². The van der Waals surface area contributed by atoms with Crippen molar-refractivity contribution in [3.63, 3.8) is 0 Å². The third kappa shape index (κ3) is 5.66. The molecule has 1 amide bonds. The standard InChI is InChI=1S/C24H26F3N3O/c1-4-17-6-7-19(14-18(17)5-2)23(31)28-21-9-8-20(22(15-21)24(25,26)27)16-30-12-10-29(3)11-13-30/h2,6-9,14-15H,4,10-13,16H2,1,3H3,(H,28,31). The van der Waals surface area contributed by atoms with E-state index in [2.05, 4.69) is 16.1 Å². The molecule has 1 saturated heterocycles. The molecule has 7 heteroatoms. The molecule has 0 aromatic heterocycles. The monoisotopic (exact) mass is 429 g/mol. The zero-order valence-corrected chi connectivity index (χ0v) is 17.7. The SMILES string of the molecule is C#Cc1cc(C(=O)Nc2ccc(CN3CCN(C)CC3)c(C(F)(F)F)c2)ccc1CC. The Hall–Kier alpha value is -2.82. The van der Waals surface area contributed by atoms with Crippen LogP contribution in [0.4, 0.5) is 18.9 Å². The van der Waals surface area contributed by atoms with E-state index in [1.54, 1.807) is 18.2 Å². The molecule has 0 unspecified atom stereocenters. The average molecular weight is 429 g/mol. The van der Waals surface area contributed by atoms with Crippen LogP contribution in [0.25, 0.3) is 0 Å². The Morgan fingerprint density at radius 2 is 1.77 bits per heavy atom. The lowest BCUT2D eigenvalue weighted by atomic mass is 10.0. The Morgan fingerprint density at radius 1 is 1.10 bits per heavy atom. The van der Waals surface area contributed by atoms with E-state index in [1.165, 1.54) is 12.1 Å². The van der Waals surface area contributed by atoms with E-state index in [4.69, 9.17) is 6.42 Å². The maximum atomic E-state index is 13.7. The number of hydrogen-bond acceptors (Lipinski definition) is 3. The van der Waals surface area contributed by atoms with Crippen molar-refractivity contribution in [1.82, 2.24) is 9.80 Å². The number of hydrogen-bond donors (Lipinski definition) is 1. The van der Waals surface area contributed by atoms with Gasteiger partial charge in [-0.15, -0.1) is 6.42 Å². The van der Waals surface area contributed by atoms with Gasteiger partial charge < -0.3 is 10.2 Å². The number of alkyl halides is 3. The van der Waals surface area contributed by atoms with Gasteiger partial charge in [0.1, 0.15) is 0 Å². The molecule has 3 rings (SSSR count). The van der Waals surface area contributed by atoms with Gasteiger partial charge in [0.05, 0.1) is 5.56 Å². The predicted octanol–water partition coefficient (Wildman–Crippen LogP) is 4.25. The first-order valence-electron chi connectivity index (χ1n) is 10.2. The van der Waals surface area contributed by atoms with Crippen LogP contribution in [0.2, 0.25) is 0 Å². The molecule has 0 saturated carbocycles. The molecule has 0 bridgehead atoms. The zero-order chi connectivity index (χ0) is 22.6. The quantitative estimate of drug-likeness (QED) is 0.722. The van der Waals surface area contributed by atoms with E-state index in [0.29, 0.717) is 11.1 Å². The van der Waals surface area contributed by atoms with Crippen LogP contribution in [0.1, 0.15) is 39.5 Å². The van der Waals surface area contributed by atoms with Gasteiger partial charge in [0.25, 0.3) is 5.91 Å². The number of likely N-dealkylation sites (N-methyl/N-ethyl adjacent to an activating group) is 1. The zero-order valence-electron chi connectivity index (χ0n) is 17.7. The van der Waals surface area contributed by atoms with Gasteiger partial charge in [-0.1, -0.05) is 25.0 Å². The molecule has 4 nitrogen and oxygen atoms in total. The van der Waals surface area contributed by atoms with Crippen LogP contribution in [0, 0.1) is 12.3 Å². The van der Waals surface area contributed by atoms with Crippen molar-refractivity contribution in [2.45, 2.75) is 26.1 Å². The molecule has 1 heterocycles. The molecule has 1 aliphatic heterocycles. The molecule has 164 valence electrons. The number of aryl methyl sites for hydroxylation is 1. The summed E-state index contributed by atoms with van der Waals surface area (Å²) in [6, 6.07) is 8.95. The smallest absolute Gasteiger partial charge is 0.322 e. The number of carbonyl (C=O) groups excluding carboxylic acids is 1. The van der Waals surface area contributed by atoms with Crippen LogP contribution >= 0.6 is 0 Å². The van der Waals surface area contributed by atoms with Crippen molar-refractivity contribution in [2.75, 3.05) is 38.5 Å². The first-order valence-corrected chi connectivity index (χ1v) is 10.2. The fourth-order valence-corrected chi connectivity index (χ4v) is 3.67. The second kappa shape index (κ2) is 9.54. The van der Waals surface area contributed by atoms with E-state index in [0.717, 1.165) is 44.2 Å². The third-order valence-corrected chi connectivity index (χ3v) is 5.57. The Balaban J connectivity index is 1.81. The van der Waals surface area contributed by atoms with Gasteiger partial charge >= 0.3 is 6.18 Å². The van der Waals surface area contributed by atoms with Gasteiger partial charge in [0.15, 0.2) is 0 Å². The summed E-state index contributed by atoms with van der Waals surface area (Å²) in [6.07, 6.45) is 1.72. The lowest BCUT2D eigenvalue weighted by molar-refractivity contribution is -0.138. The minimum Gasteiger partial charge on any atom is -0.322 e.